The Morgan fingerprint density at radius 1 is 1.41 bits per heavy atom. The summed E-state index contributed by atoms with van der Waals surface area (Å²) in [7, 11) is 1.41. The lowest BCUT2D eigenvalue weighted by Crippen LogP contribution is -2.01. The van der Waals surface area contributed by atoms with Gasteiger partial charge in [-0.2, -0.15) is 0 Å². The molecule has 0 aliphatic rings. The predicted octanol–water partition coefficient (Wildman–Crippen LogP) is 3.17. The van der Waals surface area contributed by atoms with E-state index in [0.717, 1.165) is 4.88 Å². The molecule has 1 aromatic heterocycles. The molecule has 0 saturated carbocycles. The minimum Gasteiger partial charge on any atom is -0.494 e. The van der Waals surface area contributed by atoms with Gasteiger partial charge in [0, 0.05) is 11.3 Å². The van der Waals surface area contributed by atoms with E-state index in [-0.39, 0.29) is 5.75 Å². The first-order valence-corrected chi connectivity index (χ1v) is 6.12. The number of ether oxygens (including phenoxy) is 1. The normalized spacial score (nSPS) is 12.4. The van der Waals surface area contributed by atoms with Gasteiger partial charge in [0.25, 0.3) is 0 Å². The number of benzene rings is 1. The standard InChI is InChI=1S/C13H13FO2S/c1-16-13-7-9(4-5-11(13)14)12(15)8-10-3-2-6-17-10/h2-7,12,15H,8H2,1H3. The van der Waals surface area contributed by atoms with Gasteiger partial charge < -0.3 is 9.84 Å². The maximum absolute atomic E-state index is 13.2. The van der Waals surface area contributed by atoms with Gasteiger partial charge >= 0.3 is 0 Å². The highest BCUT2D eigenvalue weighted by atomic mass is 32.1. The smallest absolute Gasteiger partial charge is 0.165 e. The van der Waals surface area contributed by atoms with E-state index in [1.165, 1.54) is 19.2 Å². The zero-order chi connectivity index (χ0) is 12.3. The quantitative estimate of drug-likeness (QED) is 0.905. The van der Waals surface area contributed by atoms with Crippen LogP contribution in [0.4, 0.5) is 4.39 Å². The number of methoxy groups -OCH3 is 1. The van der Waals surface area contributed by atoms with E-state index in [9.17, 15) is 9.50 Å². The molecule has 1 N–H and O–H groups in total. The average molecular weight is 252 g/mol. The molecule has 90 valence electrons. The molecule has 1 atom stereocenters. The Labute approximate surface area is 103 Å². The van der Waals surface area contributed by atoms with Crippen LogP contribution in [0.15, 0.2) is 35.7 Å². The second-order valence-corrected chi connectivity index (χ2v) is 4.73. The van der Waals surface area contributed by atoms with Crippen molar-refractivity contribution in [1.29, 1.82) is 0 Å². The van der Waals surface area contributed by atoms with Gasteiger partial charge in [0.1, 0.15) is 0 Å². The van der Waals surface area contributed by atoms with Gasteiger partial charge in [-0.3, -0.25) is 0 Å². The van der Waals surface area contributed by atoms with Crippen molar-refractivity contribution >= 4 is 11.3 Å². The Kier molecular flexibility index (Phi) is 3.76. The van der Waals surface area contributed by atoms with Crippen molar-refractivity contribution in [3.05, 3.63) is 52.0 Å². The summed E-state index contributed by atoms with van der Waals surface area (Å²) in [6, 6.07) is 8.34. The molecule has 1 heterocycles. The molecule has 4 heteroatoms. The predicted molar refractivity (Wildman–Crippen MR) is 65.9 cm³/mol. The average Bonchev–Trinajstić information content (AvgIpc) is 2.82. The van der Waals surface area contributed by atoms with Gasteiger partial charge in [-0.05, 0) is 29.1 Å². The number of halogens is 1. The Morgan fingerprint density at radius 3 is 2.88 bits per heavy atom. The topological polar surface area (TPSA) is 29.5 Å². The van der Waals surface area contributed by atoms with Crippen molar-refractivity contribution in [3.8, 4) is 5.75 Å². The number of aliphatic hydroxyl groups excluding tert-OH is 1. The van der Waals surface area contributed by atoms with Crippen molar-refractivity contribution in [3.63, 3.8) is 0 Å². The van der Waals surface area contributed by atoms with Crippen molar-refractivity contribution in [2.24, 2.45) is 0 Å². The minimum absolute atomic E-state index is 0.160. The third-order valence-electron chi connectivity index (χ3n) is 2.53. The van der Waals surface area contributed by atoms with Crippen LogP contribution < -0.4 is 4.74 Å². The third-order valence-corrected chi connectivity index (χ3v) is 3.43. The molecule has 0 aliphatic heterocycles. The zero-order valence-corrected chi connectivity index (χ0v) is 10.2. The minimum atomic E-state index is -0.636. The molecule has 0 bridgehead atoms. The first-order chi connectivity index (χ1) is 8.20. The highest BCUT2D eigenvalue weighted by Gasteiger charge is 2.12. The largest absolute Gasteiger partial charge is 0.494 e. The first-order valence-electron chi connectivity index (χ1n) is 5.24. The maximum Gasteiger partial charge on any atom is 0.165 e. The van der Waals surface area contributed by atoms with Crippen LogP contribution in [0.25, 0.3) is 0 Å². The van der Waals surface area contributed by atoms with E-state index in [2.05, 4.69) is 0 Å². The fourth-order valence-corrected chi connectivity index (χ4v) is 2.36. The number of hydrogen-bond acceptors (Lipinski definition) is 3. The zero-order valence-electron chi connectivity index (χ0n) is 9.39. The summed E-state index contributed by atoms with van der Waals surface area (Å²) in [4.78, 5) is 1.10. The Bertz CT molecular complexity index is 482. The summed E-state index contributed by atoms with van der Waals surface area (Å²) < 4.78 is 18.1. The van der Waals surface area contributed by atoms with E-state index in [4.69, 9.17) is 4.74 Å². The molecule has 0 aliphatic carbocycles. The van der Waals surface area contributed by atoms with Gasteiger partial charge in [0.15, 0.2) is 11.6 Å². The molecule has 0 spiro atoms. The van der Waals surface area contributed by atoms with Crippen LogP contribution in [0, 0.1) is 5.82 Å². The number of hydrogen-bond donors (Lipinski definition) is 1. The molecule has 2 nitrogen and oxygen atoms in total. The fourth-order valence-electron chi connectivity index (χ4n) is 1.62. The maximum atomic E-state index is 13.2. The molecule has 1 unspecified atom stereocenters. The Hall–Kier alpha value is -1.39. The van der Waals surface area contributed by atoms with E-state index in [1.54, 1.807) is 17.4 Å². The third kappa shape index (κ3) is 2.84. The van der Waals surface area contributed by atoms with Crippen LogP contribution in [0.5, 0.6) is 5.75 Å². The van der Waals surface area contributed by atoms with E-state index < -0.39 is 11.9 Å². The second-order valence-electron chi connectivity index (χ2n) is 3.69. The SMILES string of the molecule is COc1cc(C(O)Cc2cccs2)ccc1F. The van der Waals surface area contributed by atoms with Crippen molar-refractivity contribution < 1.29 is 14.2 Å². The van der Waals surface area contributed by atoms with Gasteiger partial charge in [-0.25, -0.2) is 4.39 Å². The Morgan fingerprint density at radius 2 is 2.24 bits per heavy atom. The molecule has 2 rings (SSSR count). The summed E-state index contributed by atoms with van der Waals surface area (Å²) in [6.45, 7) is 0. The fraction of sp³-hybridized carbons (Fsp3) is 0.231. The van der Waals surface area contributed by atoms with Crippen LogP contribution in [-0.2, 0) is 6.42 Å². The van der Waals surface area contributed by atoms with Crippen LogP contribution in [0.3, 0.4) is 0 Å². The van der Waals surface area contributed by atoms with Crippen molar-refractivity contribution in [2.45, 2.75) is 12.5 Å². The summed E-state index contributed by atoms with van der Waals surface area (Å²) in [5, 5.41) is 12.0. The van der Waals surface area contributed by atoms with Crippen molar-refractivity contribution in [1.82, 2.24) is 0 Å². The Balaban J connectivity index is 2.16. The number of rotatable bonds is 4. The second kappa shape index (κ2) is 5.29. The first kappa shape index (κ1) is 12.1. The number of thiophene rings is 1. The van der Waals surface area contributed by atoms with E-state index in [0.29, 0.717) is 12.0 Å². The molecule has 1 aromatic carbocycles. The van der Waals surface area contributed by atoms with Gasteiger partial charge in [0.05, 0.1) is 13.2 Å². The van der Waals surface area contributed by atoms with Gasteiger partial charge in [0.2, 0.25) is 0 Å². The van der Waals surface area contributed by atoms with E-state index >= 15 is 0 Å². The molecule has 0 fully saturated rings. The highest BCUT2D eigenvalue weighted by Crippen LogP contribution is 2.25. The lowest BCUT2D eigenvalue weighted by Gasteiger charge is -2.11. The van der Waals surface area contributed by atoms with Gasteiger partial charge in [-0.15, -0.1) is 11.3 Å². The molecule has 2 aromatic rings. The summed E-state index contributed by atoms with van der Waals surface area (Å²) >= 11 is 1.59. The lowest BCUT2D eigenvalue weighted by atomic mass is 10.1. The van der Waals surface area contributed by atoms with E-state index in [1.807, 2.05) is 17.5 Å². The van der Waals surface area contributed by atoms with Crippen LogP contribution in [-0.4, -0.2) is 12.2 Å². The molecule has 0 radical (unpaired) electrons. The lowest BCUT2D eigenvalue weighted by molar-refractivity contribution is 0.179. The van der Waals surface area contributed by atoms with Crippen LogP contribution >= 0.6 is 11.3 Å². The highest BCUT2D eigenvalue weighted by molar-refractivity contribution is 7.09. The van der Waals surface area contributed by atoms with Crippen LogP contribution in [0.2, 0.25) is 0 Å². The van der Waals surface area contributed by atoms with Crippen LogP contribution in [0.1, 0.15) is 16.5 Å². The molecule has 17 heavy (non-hydrogen) atoms. The summed E-state index contributed by atoms with van der Waals surface area (Å²) in [5.41, 5.74) is 0.664. The summed E-state index contributed by atoms with van der Waals surface area (Å²) in [5.74, 6) is -0.257. The summed E-state index contributed by atoms with van der Waals surface area (Å²) in [6.07, 6.45) is -0.102. The molecular weight excluding hydrogens is 239 g/mol. The monoisotopic (exact) mass is 252 g/mol. The molecular formula is C13H13FO2S. The van der Waals surface area contributed by atoms with Crippen molar-refractivity contribution in [2.75, 3.05) is 7.11 Å². The molecule has 0 amide bonds. The van der Waals surface area contributed by atoms with Gasteiger partial charge in [-0.1, -0.05) is 12.1 Å². The molecule has 0 saturated heterocycles. The number of aliphatic hydroxyl groups is 1.